The summed E-state index contributed by atoms with van der Waals surface area (Å²) in [6.45, 7) is 1.10. The van der Waals surface area contributed by atoms with Crippen LogP contribution in [0.15, 0.2) is 0 Å². The Morgan fingerprint density at radius 1 is 0.938 bits per heavy atom. The molecule has 0 unspecified atom stereocenters. The lowest BCUT2D eigenvalue weighted by atomic mass is 9.18. The van der Waals surface area contributed by atoms with Gasteiger partial charge >= 0.3 is 0 Å². The molecule has 0 atom stereocenters. The molecule has 6 saturated carbocycles. The first-order chi connectivity index (χ1) is 6.74. The van der Waals surface area contributed by atoms with Crippen LogP contribution in [0.1, 0.15) is 45.4 Å². The highest BCUT2D eigenvalue weighted by atomic mass is 35.5. The Labute approximate surface area is 101 Å². The molecule has 6 rings (SSSR count). The number of alkyl halides is 2. The SMILES string of the molecule is CC(F)(F)C12CC(C34CC(N)(C3)C4)(C1)C2.Cl. The second kappa shape index (κ2) is 2.31. The smallest absolute Gasteiger partial charge is 0.250 e. The first kappa shape index (κ1) is 11.2. The normalized spacial score (nSPS) is 60.8. The maximum Gasteiger partial charge on any atom is 0.250 e. The third-order valence-corrected chi connectivity index (χ3v) is 6.16. The molecule has 4 bridgehead atoms. The average molecular weight is 250 g/mol. The van der Waals surface area contributed by atoms with Crippen LogP contribution in [-0.4, -0.2) is 11.5 Å². The van der Waals surface area contributed by atoms with Crippen LogP contribution < -0.4 is 5.73 Å². The molecule has 4 heteroatoms. The molecule has 92 valence electrons. The maximum atomic E-state index is 13.3. The van der Waals surface area contributed by atoms with E-state index in [1.54, 1.807) is 0 Å². The molecule has 1 nitrogen and oxygen atoms in total. The van der Waals surface area contributed by atoms with Crippen molar-refractivity contribution >= 4 is 12.4 Å². The van der Waals surface area contributed by atoms with Gasteiger partial charge < -0.3 is 5.73 Å². The standard InChI is InChI=1S/C12H17F2N.ClH/c1-8(13,14)9-2-10(3-9,4-9)11-5-12(15,6-11)7-11;/h2-7,15H2,1H3;1H. The Balaban J connectivity index is 0.000000810. The second-order valence-electron chi connectivity index (χ2n) is 7.15. The van der Waals surface area contributed by atoms with Gasteiger partial charge in [-0.1, -0.05) is 0 Å². The number of halogens is 3. The van der Waals surface area contributed by atoms with Crippen LogP contribution in [0.2, 0.25) is 0 Å². The Kier molecular flexibility index (Phi) is 1.62. The summed E-state index contributed by atoms with van der Waals surface area (Å²) in [6, 6.07) is 0. The summed E-state index contributed by atoms with van der Waals surface area (Å²) in [5.74, 6) is -2.46. The highest BCUT2D eigenvalue weighted by Crippen LogP contribution is 2.90. The minimum Gasteiger partial charge on any atom is -0.325 e. The van der Waals surface area contributed by atoms with Gasteiger partial charge in [-0.2, -0.15) is 0 Å². The van der Waals surface area contributed by atoms with Crippen molar-refractivity contribution in [3.63, 3.8) is 0 Å². The quantitative estimate of drug-likeness (QED) is 0.800. The van der Waals surface area contributed by atoms with Crippen LogP contribution in [0.5, 0.6) is 0 Å². The zero-order chi connectivity index (χ0) is 10.7. The molecule has 0 radical (unpaired) electrons. The van der Waals surface area contributed by atoms with Crippen LogP contribution in [0.3, 0.4) is 0 Å². The van der Waals surface area contributed by atoms with Crippen molar-refractivity contribution in [2.45, 2.75) is 56.9 Å². The van der Waals surface area contributed by atoms with Crippen molar-refractivity contribution in [3.8, 4) is 0 Å². The minimum absolute atomic E-state index is 0. The molecule has 6 aliphatic rings. The number of hydrogen-bond acceptors (Lipinski definition) is 1. The molecular weight excluding hydrogens is 232 g/mol. The van der Waals surface area contributed by atoms with Crippen LogP contribution >= 0.6 is 12.4 Å². The monoisotopic (exact) mass is 249 g/mol. The third-order valence-electron chi connectivity index (χ3n) is 6.16. The lowest BCUT2D eigenvalue weighted by Crippen LogP contribution is -2.85. The molecule has 0 aliphatic heterocycles. The summed E-state index contributed by atoms with van der Waals surface area (Å²) in [5.41, 5.74) is 6.26. The fraction of sp³-hybridized carbons (Fsp3) is 1.00. The van der Waals surface area contributed by atoms with Gasteiger partial charge in [-0.3, -0.25) is 0 Å². The highest BCUT2D eigenvalue weighted by Gasteiger charge is 2.86. The van der Waals surface area contributed by atoms with E-state index in [1.165, 1.54) is 0 Å². The lowest BCUT2D eigenvalue weighted by Gasteiger charge is -2.87. The predicted octanol–water partition coefficient (Wildman–Crippen LogP) is 3.12. The fourth-order valence-electron chi connectivity index (χ4n) is 5.24. The molecule has 0 spiro atoms. The van der Waals surface area contributed by atoms with E-state index in [0.717, 1.165) is 45.4 Å². The van der Waals surface area contributed by atoms with Gasteiger partial charge in [-0.05, 0) is 56.3 Å². The van der Waals surface area contributed by atoms with Gasteiger partial charge in [0.1, 0.15) is 0 Å². The molecule has 16 heavy (non-hydrogen) atoms. The Hall–Kier alpha value is 0.110. The third kappa shape index (κ3) is 0.828. The van der Waals surface area contributed by atoms with E-state index >= 15 is 0 Å². The summed E-state index contributed by atoms with van der Waals surface area (Å²) in [7, 11) is 0. The topological polar surface area (TPSA) is 26.0 Å². The van der Waals surface area contributed by atoms with Gasteiger partial charge in [0, 0.05) is 11.0 Å². The van der Waals surface area contributed by atoms with Crippen LogP contribution in [0.4, 0.5) is 8.78 Å². The van der Waals surface area contributed by atoms with Crippen LogP contribution in [-0.2, 0) is 0 Å². The largest absolute Gasteiger partial charge is 0.325 e. The zero-order valence-electron chi connectivity index (χ0n) is 9.48. The highest BCUT2D eigenvalue weighted by molar-refractivity contribution is 5.85. The maximum absolute atomic E-state index is 13.3. The van der Waals surface area contributed by atoms with Gasteiger partial charge in [-0.25, -0.2) is 8.78 Å². The van der Waals surface area contributed by atoms with Crippen molar-refractivity contribution in [1.82, 2.24) is 0 Å². The summed E-state index contributed by atoms with van der Waals surface area (Å²) in [6.07, 6.45) is 5.68. The Morgan fingerprint density at radius 2 is 1.31 bits per heavy atom. The van der Waals surface area contributed by atoms with Crippen molar-refractivity contribution < 1.29 is 8.78 Å². The van der Waals surface area contributed by atoms with Gasteiger partial charge in [0.2, 0.25) is 0 Å². The number of rotatable bonds is 2. The summed E-state index contributed by atoms with van der Waals surface area (Å²) < 4.78 is 26.7. The molecule has 6 aliphatic carbocycles. The summed E-state index contributed by atoms with van der Waals surface area (Å²) >= 11 is 0. The Morgan fingerprint density at radius 3 is 1.62 bits per heavy atom. The molecule has 0 aromatic carbocycles. The van der Waals surface area contributed by atoms with E-state index in [-0.39, 0.29) is 17.9 Å². The Bertz CT molecular complexity index is 334. The van der Waals surface area contributed by atoms with Crippen molar-refractivity contribution in [3.05, 3.63) is 0 Å². The summed E-state index contributed by atoms with van der Waals surface area (Å²) in [4.78, 5) is 0. The number of nitrogens with two attached hydrogens (primary N) is 1. The van der Waals surface area contributed by atoms with E-state index < -0.39 is 11.3 Å². The average Bonchev–Trinajstić information content (AvgIpc) is 1.69. The van der Waals surface area contributed by atoms with Crippen molar-refractivity contribution in [2.24, 2.45) is 22.0 Å². The van der Waals surface area contributed by atoms with E-state index in [9.17, 15) is 8.78 Å². The molecule has 0 amide bonds. The fourth-order valence-corrected chi connectivity index (χ4v) is 5.24. The minimum atomic E-state index is -2.46. The first-order valence-electron chi connectivity index (χ1n) is 5.91. The van der Waals surface area contributed by atoms with Gasteiger partial charge in [-0.15, -0.1) is 12.4 Å². The number of hydrogen-bond donors (Lipinski definition) is 1. The molecule has 2 N–H and O–H groups in total. The van der Waals surface area contributed by atoms with Crippen molar-refractivity contribution in [2.75, 3.05) is 0 Å². The summed E-state index contributed by atoms with van der Waals surface area (Å²) in [5, 5.41) is 0. The molecule has 0 aromatic rings. The van der Waals surface area contributed by atoms with Crippen LogP contribution in [0.25, 0.3) is 0 Å². The molecule has 0 aromatic heterocycles. The second-order valence-corrected chi connectivity index (χ2v) is 7.15. The molecular formula is C12H18ClF2N. The van der Waals surface area contributed by atoms with E-state index in [1.807, 2.05) is 0 Å². The van der Waals surface area contributed by atoms with Gasteiger partial charge in [0.25, 0.3) is 5.92 Å². The predicted molar refractivity (Wildman–Crippen MR) is 59.8 cm³/mol. The molecule has 0 saturated heterocycles. The first-order valence-corrected chi connectivity index (χ1v) is 5.91. The van der Waals surface area contributed by atoms with Crippen molar-refractivity contribution in [1.29, 1.82) is 0 Å². The molecule has 0 heterocycles. The van der Waals surface area contributed by atoms with E-state index in [2.05, 4.69) is 0 Å². The van der Waals surface area contributed by atoms with Gasteiger partial charge in [0.15, 0.2) is 0 Å². The van der Waals surface area contributed by atoms with E-state index in [0.29, 0.717) is 10.8 Å². The molecule has 6 fully saturated rings. The zero-order valence-corrected chi connectivity index (χ0v) is 10.3. The van der Waals surface area contributed by atoms with Crippen LogP contribution in [0, 0.1) is 16.2 Å². The lowest BCUT2D eigenvalue weighted by molar-refractivity contribution is -0.399. The van der Waals surface area contributed by atoms with E-state index in [4.69, 9.17) is 5.73 Å². The van der Waals surface area contributed by atoms with Gasteiger partial charge in [0.05, 0.1) is 0 Å².